The van der Waals surface area contributed by atoms with Gasteiger partial charge in [0.15, 0.2) is 0 Å². The molecule has 0 spiro atoms. The quantitative estimate of drug-likeness (QED) is 0.801. The molecule has 3 rings (SSSR count). The standard InChI is InChI=1S/C21H21N3O2S/c1-27-15-21(26)23-14-20(25)24(19-10-6-5-9-17(19)12-22)13-18(23)11-16-7-3-2-4-8-16/h2-10,18H,11,13-15H2,1H3/t18-/m1/s1. The minimum Gasteiger partial charge on any atom is -0.328 e. The molecule has 138 valence electrons. The molecule has 1 saturated heterocycles. The topological polar surface area (TPSA) is 64.4 Å². The third-order valence-corrected chi connectivity index (χ3v) is 5.19. The number of carbonyl (C=O) groups is 2. The van der Waals surface area contributed by atoms with Crippen molar-refractivity contribution < 1.29 is 9.59 Å². The zero-order chi connectivity index (χ0) is 19.2. The monoisotopic (exact) mass is 379 g/mol. The molecular weight excluding hydrogens is 358 g/mol. The van der Waals surface area contributed by atoms with Crippen molar-refractivity contribution in [3.63, 3.8) is 0 Å². The van der Waals surface area contributed by atoms with E-state index in [9.17, 15) is 14.9 Å². The second-order valence-electron chi connectivity index (χ2n) is 6.43. The molecule has 0 saturated carbocycles. The number of para-hydroxylation sites is 1. The summed E-state index contributed by atoms with van der Waals surface area (Å²) in [5, 5.41) is 9.39. The van der Waals surface area contributed by atoms with E-state index in [4.69, 9.17) is 0 Å². The van der Waals surface area contributed by atoms with Gasteiger partial charge in [-0.05, 0) is 30.4 Å². The predicted molar refractivity (Wildman–Crippen MR) is 108 cm³/mol. The first-order valence-electron chi connectivity index (χ1n) is 8.76. The average Bonchev–Trinajstić information content (AvgIpc) is 2.70. The van der Waals surface area contributed by atoms with E-state index in [1.165, 1.54) is 11.8 Å². The molecule has 2 aromatic carbocycles. The van der Waals surface area contributed by atoms with Gasteiger partial charge in [0.25, 0.3) is 0 Å². The van der Waals surface area contributed by atoms with Crippen LogP contribution in [-0.2, 0) is 16.0 Å². The maximum absolute atomic E-state index is 12.8. The average molecular weight is 379 g/mol. The Morgan fingerprint density at radius 1 is 1.19 bits per heavy atom. The summed E-state index contributed by atoms with van der Waals surface area (Å²) in [6.45, 7) is 0.420. The lowest BCUT2D eigenvalue weighted by Crippen LogP contribution is -2.59. The summed E-state index contributed by atoms with van der Waals surface area (Å²) in [6, 6.07) is 19.1. The molecule has 0 N–H and O–H groups in total. The Balaban J connectivity index is 1.91. The van der Waals surface area contributed by atoms with Crippen molar-refractivity contribution in [3.05, 3.63) is 65.7 Å². The van der Waals surface area contributed by atoms with Gasteiger partial charge >= 0.3 is 0 Å². The Kier molecular flexibility index (Phi) is 6.15. The number of thioether (sulfide) groups is 1. The summed E-state index contributed by atoms with van der Waals surface area (Å²) in [5.74, 6) is 0.175. The minimum atomic E-state index is -0.156. The van der Waals surface area contributed by atoms with Crippen LogP contribution in [0.3, 0.4) is 0 Å². The fourth-order valence-corrected chi connectivity index (χ4v) is 3.78. The highest BCUT2D eigenvalue weighted by Crippen LogP contribution is 2.25. The van der Waals surface area contributed by atoms with Crippen LogP contribution in [0.2, 0.25) is 0 Å². The third-order valence-electron chi connectivity index (χ3n) is 4.66. The lowest BCUT2D eigenvalue weighted by atomic mass is 10.0. The maximum atomic E-state index is 12.8. The van der Waals surface area contributed by atoms with E-state index in [0.29, 0.717) is 30.0 Å². The molecule has 1 aliphatic heterocycles. The van der Waals surface area contributed by atoms with E-state index in [-0.39, 0.29) is 24.4 Å². The molecule has 0 radical (unpaired) electrons. The number of rotatable bonds is 5. The third kappa shape index (κ3) is 4.32. The molecule has 6 heteroatoms. The van der Waals surface area contributed by atoms with Gasteiger partial charge in [-0.3, -0.25) is 9.59 Å². The summed E-state index contributed by atoms with van der Waals surface area (Å²) in [5.41, 5.74) is 2.19. The zero-order valence-corrected chi connectivity index (χ0v) is 16.0. The molecule has 1 aliphatic rings. The highest BCUT2D eigenvalue weighted by atomic mass is 32.2. The molecule has 0 bridgehead atoms. The van der Waals surface area contributed by atoms with Gasteiger partial charge in [-0.1, -0.05) is 42.5 Å². The van der Waals surface area contributed by atoms with Gasteiger partial charge in [0.1, 0.15) is 12.6 Å². The largest absolute Gasteiger partial charge is 0.328 e. The molecule has 0 unspecified atom stereocenters. The van der Waals surface area contributed by atoms with Crippen LogP contribution in [0.1, 0.15) is 11.1 Å². The van der Waals surface area contributed by atoms with Crippen LogP contribution < -0.4 is 4.90 Å². The number of piperazine rings is 1. The summed E-state index contributed by atoms with van der Waals surface area (Å²) in [6.07, 6.45) is 2.55. The van der Waals surface area contributed by atoms with E-state index >= 15 is 0 Å². The highest BCUT2D eigenvalue weighted by Gasteiger charge is 2.36. The number of carbonyl (C=O) groups excluding carboxylic acids is 2. The molecule has 1 heterocycles. The molecule has 1 fully saturated rings. The smallest absolute Gasteiger partial charge is 0.246 e. The van der Waals surface area contributed by atoms with Gasteiger partial charge in [0.2, 0.25) is 11.8 Å². The summed E-state index contributed by atoms with van der Waals surface area (Å²) >= 11 is 1.46. The van der Waals surface area contributed by atoms with E-state index in [0.717, 1.165) is 5.56 Å². The minimum absolute atomic E-state index is 0.0231. The Bertz CT molecular complexity index is 863. The first-order valence-corrected chi connectivity index (χ1v) is 10.1. The van der Waals surface area contributed by atoms with Crippen molar-refractivity contribution in [1.29, 1.82) is 5.26 Å². The highest BCUT2D eigenvalue weighted by molar-refractivity contribution is 7.99. The number of benzene rings is 2. The van der Waals surface area contributed by atoms with Crippen molar-refractivity contribution in [2.24, 2.45) is 0 Å². The van der Waals surface area contributed by atoms with Crippen LogP contribution in [-0.4, -0.2) is 47.9 Å². The number of amides is 2. The second kappa shape index (κ2) is 8.74. The number of hydrogen-bond donors (Lipinski definition) is 0. The van der Waals surface area contributed by atoms with Crippen molar-refractivity contribution in [2.45, 2.75) is 12.5 Å². The second-order valence-corrected chi connectivity index (χ2v) is 7.30. The van der Waals surface area contributed by atoms with Crippen LogP contribution in [0.15, 0.2) is 54.6 Å². The molecule has 2 aromatic rings. The molecule has 0 aliphatic carbocycles. The number of nitrogens with zero attached hydrogens (tertiary/aromatic N) is 3. The molecule has 0 aromatic heterocycles. The van der Waals surface area contributed by atoms with Crippen LogP contribution in [0.25, 0.3) is 0 Å². The van der Waals surface area contributed by atoms with Gasteiger partial charge < -0.3 is 9.80 Å². The summed E-state index contributed by atoms with van der Waals surface area (Å²) in [4.78, 5) is 28.7. The normalized spacial score (nSPS) is 16.9. The summed E-state index contributed by atoms with van der Waals surface area (Å²) < 4.78 is 0. The van der Waals surface area contributed by atoms with Gasteiger partial charge in [0.05, 0.1) is 23.0 Å². The molecular formula is C21H21N3O2S. The SMILES string of the molecule is CSCC(=O)N1CC(=O)N(c2ccccc2C#N)C[C@H]1Cc1ccccc1. The fourth-order valence-electron chi connectivity index (χ4n) is 3.37. The number of hydrogen-bond acceptors (Lipinski definition) is 4. The molecule has 1 atom stereocenters. The fraction of sp³-hybridized carbons (Fsp3) is 0.286. The Morgan fingerprint density at radius 2 is 1.89 bits per heavy atom. The van der Waals surface area contributed by atoms with Gasteiger partial charge in [-0.25, -0.2) is 0 Å². The first-order chi connectivity index (χ1) is 13.1. The predicted octanol–water partition coefficient (Wildman–Crippen LogP) is 2.71. The Morgan fingerprint density at radius 3 is 2.59 bits per heavy atom. The summed E-state index contributed by atoms with van der Waals surface area (Å²) in [7, 11) is 0. The van der Waals surface area contributed by atoms with E-state index in [2.05, 4.69) is 6.07 Å². The molecule has 2 amide bonds. The van der Waals surface area contributed by atoms with Crippen molar-refractivity contribution in [3.8, 4) is 6.07 Å². The van der Waals surface area contributed by atoms with Gasteiger partial charge in [0, 0.05) is 6.54 Å². The van der Waals surface area contributed by atoms with Crippen molar-refractivity contribution >= 4 is 29.3 Å². The van der Waals surface area contributed by atoms with Crippen molar-refractivity contribution in [2.75, 3.05) is 30.0 Å². The number of nitriles is 1. The van der Waals surface area contributed by atoms with Gasteiger partial charge in [-0.2, -0.15) is 17.0 Å². The van der Waals surface area contributed by atoms with Gasteiger partial charge in [-0.15, -0.1) is 0 Å². The van der Waals surface area contributed by atoms with Crippen LogP contribution >= 0.6 is 11.8 Å². The zero-order valence-electron chi connectivity index (χ0n) is 15.2. The van der Waals surface area contributed by atoms with Crippen molar-refractivity contribution in [1.82, 2.24) is 4.90 Å². The maximum Gasteiger partial charge on any atom is 0.246 e. The van der Waals surface area contributed by atoms with Crippen LogP contribution in [0.4, 0.5) is 5.69 Å². The lowest BCUT2D eigenvalue weighted by Gasteiger charge is -2.41. The Labute approximate surface area is 163 Å². The van der Waals surface area contributed by atoms with E-state index < -0.39 is 0 Å². The molecule has 5 nitrogen and oxygen atoms in total. The number of anilines is 1. The molecule has 27 heavy (non-hydrogen) atoms. The lowest BCUT2D eigenvalue weighted by molar-refractivity contribution is -0.137. The van der Waals surface area contributed by atoms with Crippen LogP contribution in [0.5, 0.6) is 0 Å². The first kappa shape index (κ1) is 19.0. The van der Waals surface area contributed by atoms with E-state index in [1.807, 2.05) is 42.7 Å². The Hall–Kier alpha value is -2.78. The van der Waals surface area contributed by atoms with E-state index in [1.54, 1.807) is 28.0 Å². The van der Waals surface area contributed by atoms with Crippen LogP contribution in [0, 0.1) is 11.3 Å².